The number of amides is 5. The fourth-order valence-corrected chi connectivity index (χ4v) is 10.0. The Kier molecular flexibility index (Phi) is 41.9. The number of nitrogens with zero attached hydrogens (tertiary/aromatic N) is 5. The Balaban J connectivity index is 3.32. The van der Waals surface area contributed by atoms with Crippen molar-refractivity contribution in [3.05, 3.63) is 0 Å². The van der Waals surface area contributed by atoms with Crippen LogP contribution >= 0.6 is 0 Å². The molecule has 2 atom stereocenters. The van der Waals surface area contributed by atoms with Crippen LogP contribution in [0, 0.1) is 11.8 Å². The smallest absolute Gasteiger partial charge is 0.242 e. The first-order valence-corrected chi connectivity index (χ1v) is 29.8. The molecule has 0 saturated carbocycles. The number of hydrogen-bond donors (Lipinski definition) is 2. The molecule has 5 amide bonds. The van der Waals surface area contributed by atoms with Crippen molar-refractivity contribution in [1.82, 2.24) is 29.8 Å². The number of primary amides is 1. The van der Waals surface area contributed by atoms with Crippen LogP contribution in [-0.2, 0) is 24.0 Å². The summed E-state index contributed by atoms with van der Waals surface area (Å²) in [5.74, 6) is -0.944. The van der Waals surface area contributed by atoms with Gasteiger partial charge >= 0.3 is 0 Å². The van der Waals surface area contributed by atoms with Gasteiger partial charge in [-0.15, -0.1) is 0 Å². The van der Waals surface area contributed by atoms with Crippen LogP contribution < -0.4 is 11.1 Å². The lowest BCUT2D eigenvalue weighted by Gasteiger charge is -2.33. The molecule has 0 radical (unpaired) electrons. The van der Waals surface area contributed by atoms with E-state index in [4.69, 9.17) is 5.73 Å². The molecule has 0 aromatic rings. The maximum atomic E-state index is 14.7. The summed E-state index contributed by atoms with van der Waals surface area (Å²) in [6, 6.07) is 0. The summed E-state index contributed by atoms with van der Waals surface area (Å²) in [5, 5.41) is 3.40. The van der Waals surface area contributed by atoms with Crippen LogP contribution in [0.4, 0.5) is 0 Å². The Morgan fingerprint density at radius 3 is 1.23 bits per heavy atom. The third kappa shape index (κ3) is 33.8. The standard InChI is InChI=1S/C58H113N7O5/c1-7-13-17-19-21-23-25-27-29-34-43-62(55(67)45-60-39-36-42-61-40-32-31-33-41-61)49-58(70)65(47-53(12-6)38-16-10-4)51-56(68)63(44-35-30-28-26-24-22-20-18-14-8-2)50-57(69)64(48-54(59)66)46-52(11-5)37-15-9-3/h52-53,60H,7-51H2,1-6H3,(H2,59,66). The van der Waals surface area contributed by atoms with E-state index >= 15 is 0 Å². The molecule has 12 nitrogen and oxygen atoms in total. The maximum absolute atomic E-state index is 14.7. The van der Waals surface area contributed by atoms with Crippen LogP contribution in [-0.4, -0.2) is 139 Å². The van der Waals surface area contributed by atoms with Crippen molar-refractivity contribution in [3.8, 4) is 0 Å². The van der Waals surface area contributed by atoms with E-state index in [1.807, 2.05) is 0 Å². The zero-order chi connectivity index (χ0) is 51.5. The highest BCUT2D eigenvalue weighted by Gasteiger charge is 2.29. The zero-order valence-corrected chi connectivity index (χ0v) is 46.8. The first-order valence-electron chi connectivity index (χ1n) is 29.8. The van der Waals surface area contributed by atoms with Crippen molar-refractivity contribution in [3.63, 3.8) is 0 Å². The molecule has 1 aliphatic rings. The number of likely N-dealkylation sites (tertiary alicyclic amines) is 1. The third-order valence-corrected chi connectivity index (χ3v) is 14.9. The van der Waals surface area contributed by atoms with Gasteiger partial charge in [-0.2, -0.15) is 0 Å². The number of piperidine rings is 1. The van der Waals surface area contributed by atoms with Crippen LogP contribution in [0.15, 0.2) is 0 Å². The van der Waals surface area contributed by atoms with Crippen molar-refractivity contribution < 1.29 is 24.0 Å². The lowest BCUT2D eigenvalue weighted by Crippen LogP contribution is -2.52. The summed E-state index contributed by atoms with van der Waals surface area (Å²) >= 11 is 0. The van der Waals surface area contributed by atoms with Gasteiger partial charge in [-0.1, -0.05) is 202 Å². The van der Waals surface area contributed by atoms with E-state index in [0.717, 1.165) is 129 Å². The summed E-state index contributed by atoms with van der Waals surface area (Å²) in [6.45, 7) is 18.6. The molecule has 1 fully saturated rings. The van der Waals surface area contributed by atoms with E-state index < -0.39 is 5.91 Å². The quantitative estimate of drug-likeness (QED) is 0.0579. The Hall–Kier alpha value is -2.73. The Morgan fingerprint density at radius 2 is 0.814 bits per heavy atom. The van der Waals surface area contributed by atoms with Gasteiger partial charge < -0.3 is 35.6 Å². The minimum absolute atomic E-state index is 0.0663. The van der Waals surface area contributed by atoms with Gasteiger partial charge in [-0.05, 0) is 83.0 Å². The topological polar surface area (TPSA) is 140 Å². The number of unbranched alkanes of at least 4 members (excludes halogenated alkanes) is 20. The molecule has 2 unspecified atom stereocenters. The minimum Gasteiger partial charge on any atom is -0.368 e. The summed E-state index contributed by atoms with van der Waals surface area (Å²) in [6.07, 6.45) is 36.1. The number of rotatable bonds is 48. The number of hydrogen-bond acceptors (Lipinski definition) is 7. The molecule has 410 valence electrons. The van der Waals surface area contributed by atoms with E-state index in [1.165, 1.54) is 103 Å². The highest BCUT2D eigenvalue weighted by atomic mass is 16.2. The number of nitrogens with one attached hydrogen (secondary N) is 1. The zero-order valence-electron chi connectivity index (χ0n) is 46.8. The fourth-order valence-electron chi connectivity index (χ4n) is 10.0. The molecule has 1 saturated heterocycles. The molecule has 12 heteroatoms. The second-order valence-corrected chi connectivity index (χ2v) is 21.3. The molecule has 1 aliphatic heterocycles. The van der Waals surface area contributed by atoms with Crippen LogP contribution in [0.1, 0.15) is 247 Å². The average molecular weight is 989 g/mol. The predicted octanol–water partition coefficient (Wildman–Crippen LogP) is 11.5. The van der Waals surface area contributed by atoms with Crippen molar-refractivity contribution in [2.45, 2.75) is 247 Å². The summed E-state index contributed by atoms with van der Waals surface area (Å²) in [5.41, 5.74) is 5.72. The second-order valence-electron chi connectivity index (χ2n) is 21.3. The summed E-state index contributed by atoms with van der Waals surface area (Å²) in [4.78, 5) is 79.2. The molecule has 0 aromatic heterocycles. The van der Waals surface area contributed by atoms with Gasteiger partial charge in [-0.3, -0.25) is 24.0 Å². The van der Waals surface area contributed by atoms with Gasteiger partial charge in [0.15, 0.2) is 0 Å². The Labute approximate surface area is 431 Å². The monoisotopic (exact) mass is 988 g/mol. The highest BCUT2D eigenvalue weighted by Crippen LogP contribution is 2.19. The molecule has 1 heterocycles. The molecule has 0 aliphatic carbocycles. The SMILES string of the molecule is CCCCCCCCCCCCN(CC(=O)N(CC(=O)N(CCCCCCCCCCCC)CC(=O)N(CC(N)=O)CC(CC)CCCC)CC(CC)CCCC)C(=O)CNCCCN1CCCCC1. The van der Waals surface area contributed by atoms with Crippen molar-refractivity contribution in [2.75, 3.05) is 85.1 Å². The normalized spacial score (nSPS) is 13.8. The molecule has 0 spiro atoms. The summed E-state index contributed by atoms with van der Waals surface area (Å²) < 4.78 is 0. The van der Waals surface area contributed by atoms with E-state index in [2.05, 4.69) is 51.8 Å². The molecule has 0 bridgehead atoms. The van der Waals surface area contributed by atoms with Gasteiger partial charge in [0.2, 0.25) is 29.5 Å². The van der Waals surface area contributed by atoms with E-state index in [-0.39, 0.29) is 68.2 Å². The fraction of sp³-hybridized carbons (Fsp3) is 0.914. The highest BCUT2D eigenvalue weighted by molar-refractivity contribution is 5.91. The molecule has 0 aromatic carbocycles. The van der Waals surface area contributed by atoms with Crippen molar-refractivity contribution >= 4 is 29.5 Å². The van der Waals surface area contributed by atoms with Crippen LogP contribution in [0.2, 0.25) is 0 Å². The van der Waals surface area contributed by atoms with Crippen LogP contribution in [0.3, 0.4) is 0 Å². The Morgan fingerprint density at radius 1 is 0.443 bits per heavy atom. The first-order chi connectivity index (χ1) is 34.0. The van der Waals surface area contributed by atoms with Gasteiger partial charge in [0.1, 0.15) is 0 Å². The third-order valence-electron chi connectivity index (χ3n) is 14.9. The van der Waals surface area contributed by atoms with Gasteiger partial charge in [0.25, 0.3) is 0 Å². The lowest BCUT2D eigenvalue weighted by molar-refractivity contribution is -0.147. The first kappa shape index (κ1) is 65.3. The second kappa shape index (κ2) is 44.9. The molecule has 3 N–H and O–H groups in total. The van der Waals surface area contributed by atoms with E-state index in [9.17, 15) is 24.0 Å². The molecule has 1 rings (SSSR count). The maximum Gasteiger partial charge on any atom is 0.242 e. The van der Waals surface area contributed by atoms with E-state index in [0.29, 0.717) is 26.2 Å². The largest absolute Gasteiger partial charge is 0.368 e. The van der Waals surface area contributed by atoms with Crippen molar-refractivity contribution in [2.24, 2.45) is 17.6 Å². The van der Waals surface area contributed by atoms with Gasteiger partial charge in [0.05, 0.1) is 32.7 Å². The summed E-state index contributed by atoms with van der Waals surface area (Å²) in [7, 11) is 0. The number of carbonyl (C=O) groups is 5. The molecular weight excluding hydrogens is 875 g/mol. The van der Waals surface area contributed by atoms with Gasteiger partial charge in [0, 0.05) is 26.2 Å². The number of carbonyl (C=O) groups excluding carboxylic acids is 5. The van der Waals surface area contributed by atoms with Crippen LogP contribution in [0.25, 0.3) is 0 Å². The minimum atomic E-state index is -0.565. The molecular formula is C58H113N7O5. The average Bonchev–Trinajstić information content (AvgIpc) is 3.35. The predicted molar refractivity (Wildman–Crippen MR) is 294 cm³/mol. The lowest BCUT2D eigenvalue weighted by atomic mass is 9.98. The van der Waals surface area contributed by atoms with Crippen LogP contribution in [0.5, 0.6) is 0 Å². The van der Waals surface area contributed by atoms with Gasteiger partial charge in [-0.25, -0.2) is 0 Å². The Bertz CT molecular complexity index is 1310. The van der Waals surface area contributed by atoms with E-state index in [1.54, 1.807) is 19.6 Å². The van der Waals surface area contributed by atoms with Crippen molar-refractivity contribution in [1.29, 1.82) is 0 Å². The number of nitrogens with two attached hydrogens (primary N) is 1. The molecule has 70 heavy (non-hydrogen) atoms.